The lowest BCUT2D eigenvalue weighted by Crippen LogP contribution is -2.14. The number of nitrogens with zero attached hydrogens (tertiary/aromatic N) is 3. The molecular weight excluding hydrogens is 238 g/mol. The van der Waals surface area contributed by atoms with Gasteiger partial charge >= 0.3 is 5.97 Å². The zero-order valence-electron chi connectivity index (χ0n) is 7.61. The van der Waals surface area contributed by atoms with Gasteiger partial charge in [-0.1, -0.05) is 5.21 Å². The quantitative estimate of drug-likeness (QED) is 0.728. The second-order valence-electron chi connectivity index (χ2n) is 2.63. The maximum Gasteiger partial charge on any atom is 0.314 e. The van der Waals surface area contributed by atoms with Crippen LogP contribution >= 0.6 is 15.9 Å². The molecule has 0 aromatic carbocycles. The monoisotopic (exact) mass is 247 g/mol. The SMILES string of the molecule is COC(=O)C(C)c1c(Br)nnn1C. The minimum absolute atomic E-state index is 0.300. The number of esters is 1. The van der Waals surface area contributed by atoms with E-state index in [9.17, 15) is 4.79 Å². The van der Waals surface area contributed by atoms with Crippen molar-refractivity contribution in [1.29, 1.82) is 0 Å². The first-order valence-electron chi connectivity index (χ1n) is 3.70. The summed E-state index contributed by atoms with van der Waals surface area (Å²) < 4.78 is 6.74. The molecule has 6 heteroatoms. The lowest BCUT2D eigenvalue weighted by molar-refractivity contribution is -0.142. The van der Waals surface area contributed by atoms with Gasteiger partial charge in [0.05, 0.1) is 18.7 Å². The van der Waals surface area contributed by atoms with Crippen molar-refractivity contribution in [3.05, 3.63) is 10.3 Å². The number of ether oxygens (including phenoxy) is 1. The summed E-state index contributed by atoms with van der Waals surface area (Å²) in [6.45, 7) is 1.75. The molecule has 0 amide bonds. The number of methoxy groups -OCH3 is 1. The fraction of sp³-hybridized carbons (Fsp3) is 0.571. The summed E-state index contributed by atoms with van der Waals surface area (Å²) in [5.74, 6) is -0.662. The fourth-order valence-corrected chi connectivity index (χ4v) is 1.76. The van der Waals surface area contributed by atoms with Gasteiger partial charge in [-0.05, 0) is 22.9 Å². The first-order chi connectivity index (χ1) is 6.07. The van der Waals surface area contributed by atoms with Crippen LogP contribution in [0.2, 0.25) is 0 Å². The molecule has 0 radical (unpaired) electrons. The number of hydrogen-bond donors (Lipinski definition) is 0. The molecule has 1 aromatic rings. The number of aromatic nitrogens is 3. The van der Waals surface area contributed by atoms with Gasteiger partial charge in [0.1, 0.15) is 0 Å². The Morgan fingerprint density at radius 2 is 2.31 bits per heavy atom. The average Bonchev–Trinajstić information content (AvgIpc) is 2.44. The van der Waals surface area contributed by atoms with Crippen LogP contribution in [0, 0.1) is 0 Å². The van der Waals surface area contributed by atoms with Gasteiger partial charge in [-0.25, -0.2) is 0 Å². The Balaban J connectivity index is 3.00. The smallest absolute Gasteiger partial charge is 0.314 e. The van der Waals surface area contributed by atoms with Crippen LogP contribution in [0.25, 0.3) is 0 Å². The number of carbonyl (C=O) groups excluding carboxylic acids is 1. The standard InChI is InChI=1S/C7H10BrN3O2/c1-4(7(12)13-3)5-6(8)9-10-11(5)2/h4H,1-3H3. The molecule has 1 atom stereocenters. The largest absolute Gasteiger partial charge is 0.469 e. The summed E-state index contributed by atoms with van der Waals surface area (Å²) in [5.41, 5.74) is 0.715. The van der Waals surface area contributed by atoms with E-state index in [2.05, 4.69) is 31.0 Å². The molecule has 1 aromatic heterocycles. The number of aryl methyl sites for hydroxylation is 1. The van der Waals surface area contributed by atoms with Crippen molar-refractivity contribution in [2.45, 2.75) is 12.8 Å². The van der Waals surface area contributed by atoms with Gasteiger partial charge in [0.2, 0.25) is 0 Å². The molecule has 1 rings (SSSR count). The zero-order chi connectivity index (χ0) is 10.0. The Kier molecular flexibility index (Phi) is 3.02. The highest BCUT2D eigenvalue weighted by Gasteiger charge is 2.22. The van der Waals surface area contributed by atoms with Crippen LogP contribution < -0.4 is 0 Å². The first kappa shape index (κ1) is 10.2. The number of rotatable bonds is 2. The molecule has 1 unspecified atom stereocenters. The third-order valence-electron chi connectivity index (χ3n) is 1.79. The molecule has 72 valence electrons. The second-order valence-corrected chi connectivity index (χ2v) is 3.39. The molecule has 1 heterocycles. The van der Waals surface area contributed by atoms with Crippen LogP contribution in [0.15, 0.2) is 4.60 Å². The molecule has 5 nitrogen and oxygen atoms in total. The van der Waals surface area contributed by atoms with Crippen LogP contribution in [-0.4, -0.2) is 28.1 Å². The van der Waals surface area contributed by atoms with E-state index in [-0.39, 0.29) is 11.9 Å². The summed E-state index contributed by atoms with van der Waals surface area (Å²) in [4.78, 5) is 11.2. The van der Waals surface area contributed by atoms with Gasteiger partial charge in [-0.15, -0.1) is 5.10 Å². The van der Waals surface area contributed by atoms with E-state index in [0.29, 0.717) is 10.3 Å². The minimum Gasteiger partial charge on any atom is -0.469 e. The van der Waals surface area contributed by atoms with E-state index in [4.69, 9.17) is 0 Å². The highest BCUT2D eigenvalue weighted by Crippen LogP contribution is 2.22. The molecule has 0 N–H and O–H groups in total. The first-order valence-corrected chi connectivity index (χ1v) is 4.50. The van der Waals surface area contributed by atoms with E-state index < -0.39 is 0 Å². The molecule has 0 saturated heterocycles. The van der Waals surface area contributed by atoms with Gasteiger partial charge in [0.15, 0.2) is 4.60 Å². The Morgan fingerprint density at radius 1 is 1.69 bits per heavy atom. The predicted octanol–water partition coefficient (Wildman–Crippen LogP) is 0.854. The van der Waals surface area contributed by atoms with Crippen LogP contribution in [0.3, 0.4) is 0 Å². The Morgan fingerprint density at radius 3 is 2.69 bits per heavy atom. The highest BCUT2D eigenvalue weighted by atomic mass is 79.9. The normalized spacial score (nSPS) is 12.6. The van der Waals surface area contributed by atoms with Gasteiger partial charge in [0.25, 0.3) is 0 Å². The summed E-state index contributed by atoms with van der Waals surface area (Å²) in [5, 5.41) is 7.54. The Hall–Kier alpha value is -0.910. The average molecular weight is 248 g/mol. The molecular formula is C7H10BrN3O2. The van der Waals surface area contributed by atoms with Crippen LogP contribution in [0.5, 0.6) is 0 Å². The predicted molar refractivity (Wildman–Crippen MR) is 49.1 cm³/mol. The Bertz CT molecular complexity index is 304. The number of halogens is 1. The van der Waals surface area contributed by atoms with Crippen molar-refractivity contribution in [2.75, 3.05) is 7.11 Å². The van der Waals surface area contributed by atoms with Crippen LogP contribution in [0.1, 0.15) is 18.5 Å². The lowest BCUT2D eigenvalue weighted by atomic mass is 10.1. The van der Waals surface area contributed by atoms with Crippen molar-refractivity contribution in [3.63, 3.8) is 0 Å². The molecule has 0 fully saturated rings. The van der Waals surface area contributed by atoms with Gasteiger partial charge in [-0.2, -0.15) is 0 Å². The molecule has 0 aliphatic heterocycles. The van der Waals surface area contributed by atoms with Crippen molar-refractivity contribution in [3.8, 4) is 0 Å². The van der Waals surface area contributed by atoms with E-state index in [0.717, 1.165) is 0 Å². The van der Waals surface area contributed by atoms with Crippen molar-refractivity contribution >= 4 is 21.9 Å². The van der Waals surface area contributed by atoms with E-state index >= 15 is 0 Å². The van der Waals surface area contributed by atoms with Gasteiger partial charge in [0, 0.05) is 7.05 Å². The molecule has 0 aliphatic rings. The maximum atomic E-state index is 11.2. The second kappa shape index (κ2) is 3.87. The Labute approximate surface area is 84.2 Å². The van der Waals surface area contributed by atoms with E-state index in [1.807, 2.05) is 0 Å². The third kappa shape index (κ3) is 1.88. The van der Waals surface area contributed by atoms with Crippen molar-refractivity contribution < 1.29 is 9.53 Å². The highest BCUT2D eigenvalue weighted by molar-refractivity contribution is 9.10. The van der Waals surface area contributed by atoms with Gasteiger partial charge < -0.3 is 4.74 Å². The third-order valence-corrected chi connectivity index (χ3v) is 2.36. The maximum absolute atomic E-state index is 11.2. The van der Waals surface area contributed by atoms with Crippen LogP contribution in [0.4, 0.5) is 0 Å². The van der Waals surface area contributed by atoms with Gasteiger partial charge in [-0.3, -0.25) is 9.48 Å². The molecule has 0 bridgehead atoms. The zero-order valence-corrected chi connectivity index (χ0v) is 9.20. The minimum atomic E-state index is -0.362. The summed E-state index contributed by atoms with van der Waals surface area (Å²) in [7, 11) is 3.09. The molecule has 0 aliphatic carbocycles. The van der Waals surface area contributed by atoms with E-state index in [1.54, 1.807) is 18.7 Å². The summed E-state index contributed by atoms with van der Waals surface area (Å²) >= 11 is 3.21. The molecule has 0 saturated carbocycles. The lowest BCUT2D eigenvalue weighted by Gasteiger charge is -2.08. The topological polar surface area (TPSA) is 57.0 Å². The van der Waals surface area contributed by atoms with E-state index in [1.165, 1.54) is 7.11 Å². The number of hydrogen-bond acceptors (Lipinski definition) is 4. The van der Waals surface area contributed by atoms with Crippen molar-refractivity contribution in [1.82, 2.24) is 15.0 Å². The van der Waals surface area contributed by atoms with Crippen molar-refractivity contribution in [2.24, 2.45) is 7.05 Å². The fourth-order valence-electron chi connectivity index (χ4n) is 1.09. The molecule has 13 heavy (non-hydrogen) atoms. The summed E-state index contributed by atoms with van der Waals surface area (Å²) in [6, 6.07) is 0. The number of carbonyl (C=O) groups is 1. The van der Waals surface area contributed by atoms with Crippen LogP contribution in [-0.2, 0) is 16.6 Å². The summed E-state index contributed by atoms with van der Waals surface area (Å²) in [6.07, 6.45) is 0. The molecule has 0 spiro atoms.